The molecule has 1 saturated heterocycles. The van der Waals surface area contributed by atoms with Crippen LogP contribution >= 0.6 is 11.8 Å². The lowest BCUT2D eigenvalue weighted by molar-refractivity contribution is -0.141. The van der Waals surface area contributed by atoms with Crippen molar-refractivity contribution in [3.05, 3.63) is 17.7 Å². The number of carboxylic acids is 1. The molecule has 1 N–H and O–H groups in total. The molecule has 0 bridgehead atoms. The second kappa shape index (κ2) is 4.96. The number of carbonyl (C=O) groups is 1. The Labute approximate surface area is 111 Å². The number of imidazole rings is 1. The van der Waals surface area contributed by atoms with E-state index in [2.05, 4.69) is 4.98 Å². The minimum Gasteiger partial charge on any atom is -0.480 e. The molecule has 18 heavy (non-hydrogen) atoms. The van der Waals surface area contributed by atoms with Crippen molar-refractivity contribution >= 4 is 17.7 Å². The quantitative estimate of drug-likeness (QED) is 0.912. The summed E-state index contributed by atoms with van der Waals surface area (Å²) < 4.78 is 1.89. The van der Waals surface area contributed by atoms with Crippen molar-refractivity contribution in [3.8, 4) is 0 Å². The van der Waals surface area contributed by atoms with Crippen LogP contribution in [0, 0.1) is 0 Å². The molecule has 98 valence electrons. The monoisotopic (exact) mass is 266 g/mol. The van der Waals surface area contributed by atoms with Crippen LogP contribution in [0.15, 0.2) is 6.20 Å². The van der Waals surface area contributed by atoms with Crippen molar-refractivity contribution < 1.29 is 9.90 Å². The predicted octanol–water partition coefficient (Wildman–Crippen LogP) is 2.28. The van der Waals surface area contributed by atoms with Crippen LogP contribution in [0.5, 0.6) is 0 Å². The average molecular weight is 266 g/mol. The van der Waals surface area contributed by atoms with E-state index in [0.29, 0.717) is 5.25 Å². The van der Waals surface area contributed by atoms with Crippen molar-refractivity contribution in [2.45, 2.75) is 49.8 Å². The first-order valence-electron chi connectivity index (χ1n) is 6.65. The highest BCUT2D eigenvalue weighted by Crippen LogP contribution is 2.30. The van der Waals surface area contributed by atoms with Gasteiger partial charge in [0.15, 0.2) is 0 Å². The molecule has 5 heteroatoms. The number of thioether (sulfide) groups is 1. The van der Waals surface area contributed by atoms with Crippen LogP contribution in [0.1, 0.15) is 43.2 Å². The van der Waals surface area contributed by atoms with E-state index in [1.54, 1.807) is 0 Å². The average Bonchev–Trinajstić information content (AvgIpc) is 2.96. The molecule has 1 fully saturated rings. The summed E-state index contributed by atoms with van der Waals surface area (Å²) >= 11 is 2.02. The largest absolute Gasteiger partial charge is 0.480 e. The fraction of sp³-hybridized carbons (Fsp3) is 0.692. The SMILES string of the molecule is O=C(O)C1CCCc2nc(CC3CCCS3)cn21. The van der Waals surface area contributed by atoms with Gasteiger partial charge >= 0.3 is 5.97 Å². The summed E-state index contributed by atoms with van der Waals surface area (Å²) in [5, 5.41) is 9.91. The van der Waals surface area contributed by atoms with E-state index in [1.807, 2.05) is 22.5 Å². The Bertz CT molecular complexity index is 452. The fourth-order valence-electron chi connectivity index (χ4n) is 2.91. The molecule has 1 aromatic heterocycles. The summed E-state index contributed by atoms with van der Waals surface area (Å²) in [7, 11) is 0. The third-order valence-electron chi connectivity index (χ3n) is 3.82. The Morgan fingerprint density at radius 3 is 3.11 bits per heavy atom. The molecule has 2 atom stereocenters. The summed E-state index contributed by atoms with van der Waals surface area (Å²) in [6, 6.07) is -0.397. The third kappa shape index (κ3) is 2.28. The fourth-order valence-corrected chi connectivity index (χ4v) is 4.20. The van der Waals surface area contributed by atoms with Crippen LogP contribution in [0.4, 0.5) is 0 Å². The molecule has 2 unspecified atom stereocenters. The molecule has 3 rings (SSSR count). The van der Waals surface area contributed by atoms with Gasteiger partial charge in [-0.2, -0.15) is 11.8 Å². The molecular weight excluding hydrogens is 248 g/mol. The van der Waals surface area contributed by atoms with Crippen molar-refractivity contribution in [2.24, 2.45) is 0 Å². The molecule has 0 aliphatic carbocycles. The van der Waals surface area contributed by atoms with Gasteiger partial charge in [-0.3, -0.25) is 0 Å². The molecule has 1 aromatic rings. The molecule has 2 aliphatic rings. The van der Waals surface area contributed by atoms with Crippen LogP contribution in [0.3, 0.4) is 0 Å². The number of hydrogen-bond donors (Lipinski definition) is 1. The van der Waals surface area contributed by atoms with Crippen LogP contribution in [-0.4, -0.2) is 31.6 Å². The third-order valence-corrected chi connectivity index (χ3v) is 5.22. The van der Waals surface area contributed by atoms with Gasteiger partial charge in [0.2, 0.25) is 0 Å². The minimum atomic E-state index is -0.727. The number of carboxylic acid groups (broad SMARTS) is 1. The Hall–Kier alpha value is -0.970. The second-order valence-corrected chi connectivity index (χ2v) is 6.55. The van der Waals surface area contributed by atoms with E-state index >= 15 is 0 Å². The highest BCUT2D eigenvalue weighted by molar-refractivity contribution is 8.00. The van der Waals surface area contributed by atoms with Crippen LogP contribution in [0.25, 0.3) is 0 Å². The maximum absolute atomic E-state index is 11.2. The van der Waals surface area contributed by atoms with E-state index in [0.717, 1.165) is 37.2 Å². The number of aromatic nitrogens is 2. The second-order valence-electron chi connectivity index (χ2n) is 5.14. The van der Waals surface area contributed by atoms with Crippen molar-refractivity contribution in [3.63, 3.8) is 0 Å². The first-order chi connectivity index (χ1) is 8.74. The van der Waals surface area contributed by atoms with Gasteiger partial charge in [0.1, 0.15) is 11.9 Å². The highest BCUT2D eigenvalue weighted by atomic mass is 32.2. The minimum absolute atomic E-state index is 0.397. The van der Waals surface area contributed by atoms with Gasteiger partial charge in [-0.25, -0.2) is 9.78 Å². The zero-order valence-electron chi connectivity index (χ0n) is 10.3. The van der Waals surface area contributed by atoms with E-state index in [9.17, 15) is 9.90 Å². The Morgan fingerprint density at radius 1 is 1.50 bits per heavy atom. The Balaban J connectivity index is 1.79. The van der Waals surface area contributed by atoms with Crippen molar-refractivity contribution in [1.82, 2.24) is 9.55 Å². The lowest BCUT2D eigenvalue weighted by Crippen LogP contribution is -2.24. The van der Waals surface area contributed by atoms with Gasteiger partial charge in [-0.05, 0) is 31.4 Å². The first-order valence-corrected chi connectivity index (χ1v) is 7.70. The molecule has 3 heterocycles. The number of rotatable bonds is 3. The van der Waals surface area contributed by atoms with Gasteiger partial charge in [0.05, 0.1) is 5.69 Å². The zero-order valence-corrected chi connectivity index (χ0v) is 11.2. The number of nitrogens with zero attached hydrogens (tertiary/aromatic N) is 2. The molecule has 0 spiro atoms. The summed E-state index contributed by atoms with van der Waals surface area (Å²) in [6.07, 6.45) is 8.14. The predicted molar refractivity (Wildman–Crippen MR) is 71.0 cm³/mol. The lowest BCUT2D eigenvalue weighted by Gasteiger charge is -2.20. The summed E-state index contributed by atoms with van der Waals surface area (Å²) in [6.45, 7) is 0. The van der Waals surface area contributed by atoms with E-state index in [4.69, 9.17) is 0 Å². The molecular formula is C13H18N2O2S. The van der Waals surface area contributed by atoms with Gasteiger partial charge < -0.3 is 9.67 Å². The molecule has 4 nitrogen and oxygen atoms in total. The van der Waals surface area contributed by atoms with Crippen LogP contribution < -0.4 is 0 Å². The molecule has 2 aliphatic heterocycles. The lowest BCUT2D eigenvalue weighted by atomic mass is 10.1. The Kier molecular flexibility index (Phi) is 3.33. The van der Waals surface area contributed by atoms with Gasteiger partial charge in [-0.15, -0.1) is 0 Å². The number of fused-ring (bicyclic) bond motifs is 1. The van der Waals surface area contributed by atoms with Crippen LogP contribution in [-0.2, 0) is 17.6 Å². The molecule has 0 aromatic carbocycles. The van der Waals surface area contributed by atoms with E-state index < -0.39 is 12.0 Å². The van der Waals surface area contributed by atoms with Gasteiger partial charge in [0, 0.05) is 24.3 Å². The summed E-state index contributed by atoms with van der Waals surface area (Å²) in [5.74, 6) is 1.50. The standard InChI is InChI=1S/C13H18N2O2S/c16-13(17)11-4-1-5-12-14-9(8-15(11)12)7-10-3-2-6-18-10/h8,10-11H,1-7H2,(H,16,17). The normalized spacial score (nSPS) is 27.1. The first kappa shape index (κ1) is 12.1. The summed E-state index contributed by atoms with van der Waals surface area (Å²) in [4.78, 5) is 15.9. The van der Waals surface area contributed by atoms with E-state index in [-0.39, 0.29) is 0 Å². The Morgan fingerprint density at radius 2 is 2.39 bits per heavy atom. The van der Waals surface area contributed by atoms with Crippen molar-refractivity contribution in [1.29, 1.82) is 0 Å². The highest BCUT2D eigenvalue weighted by Gasteiger charge is 2.27. The van der Waals surface area contributed by atoms with E-state index in [1.165, 1.54) is 18.6 Å². The maximum atomic E-state index is 11.2. The van der Waals surface area contributed by atoms with Gasteiger partial charge in [0.25, 0.3) is 0 Å². The van der Waals surface area contributed by atoms with Gasteiger partial charge in [-0.1, -0.05) is 0 Å². The number of hydrogen-bond acceptors (Lipinski definition) is 3. The summed E-state index contributed by atoms with van der Waals surface area (Å²) in [5.41, 5.74) is 1.08. The smallest absolute Gasteiger partial charge is 0.326 e. The maximum Gasteiger partial charge on any atom is 0.326 e. The van der Waals surface area contributed by atoms with Crippen LogP contribution in [0.2, 0.25) is 0 Å². The molecule has 0 radical (unpaired) electrons. The number of aryl methyl sites for hydroxylation is 1. The zero-order chi connectivity index (χ0) is 12.5. The molecule has 0 amide bonds. The number of aliphatic carboxylic acids is 1. The topological polar surface area (TPSA) is 55.1 Å². The molecule has 0 saturated carbocycles. The van der Waals surface area contributed by atoms with Crippen molar-refractivity contribution in [2.75, 3.05) is 5.75 Å².